The molecule has 0 bridgehead atoms. The highest BCUT2D eigenvalue weighted by molar-refractivity contribution is 5.64. The van der Waals surface area contributed by atoms with Crippen molar-refractivity contribution in [3.8, 4) is 11.1 Å². The van der Waals surface area contributed by atoms with E-state index in [9.17, 15) is 5.11 Å². The average molecular weight is 300 g/mol. The van der Waals surface area contributed by atoms with Gasteiger partial charge in [0.25, 0.3) is 0 Å². The molecule has 0 aromatic heterocycles. The topological polar surface area (TPSA) is 20.2 Å². The van der Waals surface area contributed by atoms with E-state index < -0.39 is 5.60 Å². The van der Waals surface area contributed by atoms with Gasteiger partial charge in [-0.2, -0.15) is 0 Å². The Kier molecular flexibility index (Phi) is 3.51. The van der Waals surface area contributed by atoms with Crippen molar-refractivity contribution in [3.63, 3.8) is 0 Å². The van der Waals surface area contributed by atoms with Gasteiger partial charge in [0.1, 0.15) is 5.60 Å². The summed E-state index contributed by atoms with van der Waals surface area (Å²) in [4.78, 5) is 0. The van der Waals surface area contributed by atoms with E-state index >= 15 is 0 Å². The van der Waals surface area contributed by atoms with Gasteiger partial charge in [-0.25, -0.2) is 0 Å². The van der Waals surface area contributed by atoms with Gasteiger partial charge in [0.05, 0.1) is 0 Å². The first kappa shape index (κ1) is 14.2. The summed E-state index contributed by atoms with van der Waals surface area (Å²) in [7, 11) is 0. The molecule has 4 rings (SSSR count). The molecule has 0 saturated heterocycles. The number of rotatable bonds is 4. The molecular formula is C22H20O. The molecule has 0 radical (unpaired) electrons. The molecule has 1 nitrogen and oxygen atoms in total. The molecule has 1 atom stereocenters. The highest BCUT2D eigenvalue weighted by Crippen LogP contribution is 2.49. The Hall–Kier alpha value is -2.38. The van der Waals surface area contributed by atoms with Gasteiger partial charge in [-0.05, 0) is 41.0 Å². The molecule has 1 N–H and O–H groups in total. The number of benzene rings is 3. The van der Waals surface area contributed by atoms with Crippen molar-refractivity contribution in [2.24, 2.45) is 5.92 Å². The summed E-state index contributed by atoms with van der Waals surface area (Å²) in [6, 6.07) is 28.8. The van der Waals surface area contributed by atoms with Gasteiger partial charge < -0.3 is 5.11 Å². The summed E-state index contributed by atoms with van der Waals surface area (Å²) in [6.45, 7) is 0. The Morgan fingerprint density at radius 2 is 1.09 bits per heavy atom. The van der Waals surface area contributed by atoms with E-state index in [1.165, 1.54) is 11.1 Å². The van der Waals surface area contributed by atoms with Crippen molar-refractivity contribution >= 4 is 0 Å². The van der Waals surface area contributed by atoms with Crippen LogP contribution in [-0.2, 0) is 5.60 Å². The molecule has 1 fully saturated rings. The molecule has 0 heterocycles. The van der Waals surface area contributed by atoms with Crippen LogP contribution in [0.4, 0.5) is 0 Å². The summed E-state index contributed by atoms with van der Waals surface area (Å²) in [6.07, 6.45) is 2.18. The van der Waals surface area contributed by atoms with Crippen LogP contribution in [0.1, 0.15) is 24.0 Å². The zero-order valence-corrected chi connectivity index (χ0v) is 13.0. The SMILES string of the molecule is OC(c1ccccc1)(c1ccc(-c2ccccc2)cc1)C1CC1. The lowest BCUT2D eigenvalue weighted by Crippen LogP contribution is -2.29. The van der Waals surface area contributed by atoms with E-state index in [1.54, 1.807) is 0 Å². The second-order valence-corrected chi connectivity index (χ2v) is 6.35. The number of aliphatic hydroxyl groups is 1. The fourth-order valence-electron chi connectivity index (χ4n) is 3.38. The van der Waals surface area contributed by atoms with Crippen molar-refractivity contribution in [1.82, 2.24) is 0 Å². The Morgan fingerprint density at radius 3 is 1.65 bits per heavy atom. The van der Waals surface area contributed by atoms with Crippen molar-refractivity contribution in [3.05, 3.63) is 96.1 Å². The van der Waals surface area contributed by atoms with Crippen molar-refractivity contribution < 1.29 is 5.11 Å². The molecule has 1 saturated carbocycles. The third-order valence-electron chi connectivity index (χ3n) is 4.81. The normalized spacial score (nSPS) is 16.7. The van der Waals surface area contributed by atoms with E-state index in [-0.39, 0.29) is 0 Å². The third kappa shape index (κ3) is 2.58. The van der Waals surface area contributed by atoms with E-state index in [2.05, 4.69) is 36.4 Å². The average Bonchev–Trinajstić information content (AvgIpc) is 3.48. The minimum absolute atomic E-state index is 0.326. The molecule has 3 aromatic rings. The molecule has 1 heteroatoms. The summed E-state index contributed by atoms with van der Waals surface area (Å²) < 4.78 is 0. The van der Waals surface area contributed by atoms with Crippen LogP contribution in [0.5, 0.6) is 0 Å². The maximum absolute atomic E-state index is 11.5. The van der Waals surface area contributed by atoms with Crippen molar-refractivity contribution in [2.45, 2.75) is 18.4 Å². The minimum Gasteiger partial charge on any atom is -0.380 e. The fourth-order valence-corrected chi connectivity index (χ4v) is 3.38. The van der Waals surface area contributed by atoms with Gasteiger partial charge in [-0.1, -0.05) is 84.9 Å². The number of hydrogen-bond donors (Lipinski definition) is 1. The monoisotopic (exact) mass is 300 g/mol. The van der Waals surface area contributed by atoms with E-state index in [0.717, 1.165) is 24.0 Å². The number of hydrogen-bond acceptors (Lipinski definition) is 1. The van der Waals surface area contributed by atoms with Crippen LogP contribution in [0.15, 0.2) is 84.9 Å². The predicted octanol–water partition coefficient (Wildman–Crippen LogP) is 5.00. The van der Waals surface area contributed by atoms with Crippen LogP contribution in [-0.4, -0.2) is 5.11 Å². The molecule has 0 amide bonds. The van der Waals surface area contributed by atoms with Crippen LogP contribution in [0.3, 0.4) is 0 Å². The van der Waals surface area contributed by atoms with Gasteiger partial charge in [0, 0.05) is 0 Å². The van der Waals surface area contributed by atoms with Gasteiger partial charge >= 0.3 is 0 Å². The first-order chi connectivity index (χ1) is 11.3. The van der Waals surface area contributed by atoms with Gasteiger partial charge in [-0.15, -0.1) is 0 Å². The van der Waals surface area contributed by atoms with Crippen LogP contribution < -0.4 is 0 Å². The molecule has 1 unspecified atom stereocenters. The molecule has 0 aliphatic heterocycles. The Balaban J connectivity index is 1.74. The van der Waals surface area contributed by atoms with Crippen molar-refractivity contribution in [2.75, 3.05) is 0 Å². The molecular weight excluding hydrogens is 280 g/mol. The van der Waals surface area contributed by atoms with Gasteiger partial charge in [0.15, 0.2) is 0 Å². The zero-order chi connectivity index (χ0) is 15.7. The smallest absolute Gasteiger partial charge is 0.117 e. The largest absolute Gasteiger partial charge is 0.380 e. The quantitative estimate of drug-likeness (QED) is 0.719. The lowest BCUT2D eigenvalue weighted by atomic mass is 9.81. The minimum atomic E-state index is -0.865. The first-order valence-corrected chi connectivity index (χ1v) is 8.22. The lowest BCUT2D eigenvalue weighted by molar-refractivity contribution is 0.0564. The second kappa shape index (κ2) is 5.68. The molecule has 23 heavy (non-hydrogen) atoms. The van der Waals surface area contributed by atoms with Crippen LogP contribution in [0.2, 0.25) is 0 Å². The standard InChI is InChI=1S/C22H20O/c23-22(21-15-16-21,19-9-5-2-6-10-19)20-13-11-18(12-14-20)17-7-3-1-4-8-17/h1-14,21,23H,15-16H2. The van der Waals surface area contributed by atoms with E-state index in [1.807, 2.05) is 48.5 Å². The lowest BCUT2D eigenvalue weighted by Gasteiger charge is -2.29. The van der Waals surface area contributed by atoms with E-state index in [0.29, 0.717) is 5.92 Å². The molecule has 1 aliphatic rings. The highest BCUT2D eigenvalue weighted by atomic mass is 16.3. The molecule has 1 aliphatic carbocycles. The second-order valence-electron chi connectivity index (χ2n) is 6.35. The summed E-state index contributed by atoms with van der Waals surface area (Å²) in [5.41, 5.74) is 3.51. The third-order valence-corrected chi connectivity index (χ3v) is 4.81. The molecule has 3 aromatic carbocycles. The Labute approximate surface area is 137 Å². The van der Waals surface area contributed by atoms with Crippen LogP contribution in [0.25, 0.3) is 11.1 Å². The summed E-state index contributed by atoms with van der Waals surface area (Å²) in [5, 5.41) is 11.5. The maximum atomic E-state index is 11.5. The first-order valence-electron chi connectivity index (χ1n) is 8.22. The molecule has 0 spiro atoms. The van der Waals surface area contributed by atoms with Crippen LogP contribution in [0, 0.1) is 5.92 Å². The zero-order valence-electron chi connectivity index (χ0n) is 13.0. The van der Waals surface area contributed by atoms with E-state index in [4.69, 9.17) is 0 Å². The van der Waals surface area contributed by atoms with Crippen molar-refractivity contribution in [1.29, 1.82) is 0 Å². The highest BCUT2D eigenvalue weighted by Gasteiger charge is 2.46. The summed E-state index contributed by atoms with van der Waals surface area (Å²) >= 11 is 0. The predicted molar refractivity (Wildman–Crippen MR) is 94.0 cm³/mol. The van der Waals surface area contributed by atoms with Crippen LogP contribution >= 0.6 is 0 Å². The maximum Gasteiger partial charge on any atom is 0.117 e. The Morgan fingerprint density at radius 1 is 0.609 bits per heavy atom. The fraction of sp³-hybridized carbons (Fsp3) is 0.182. The van der Waals surface area contributed by atoms with Gasteiger partial charge in [-0.3, -0.25) is 0 Å². The van der Waals surface area contributed by atoms with Gasteiger partial charge in [0.2, 0.25) is 0 Å². The summed E-state index contributed by atoms with van der Waals surface area (Å²) in [5.74, 6) is 0.326. The Bertz CT molecular complexity index is 773. The molecule has 114 valence electrons.